The molecule has 0 saturated carbocycles. The van der Waals surface area contributed by atoms with Gasteiger partial charge >= 0.3 is 0 Å². The summed E-state index contributed by atoms with van der Waals surface area (Å²) in [6, 6.07) is 11.8. The third-order valence-electron chi connectivity index (χ3n) is 2.51. The zero-order valence-electron chi connectivity index (χ0n) is 9.86. The molecule has 0 aliphatic carbocycles. The van der Waals surface area contributed by atoms with Crippen molar-refractivity contribution in [1.29, 1.82) is 0 Å². The fourth-order valence-electron chi connectivity index (χ4n) is 1.79. The lowest BCUT2D eigenvalue weighted by Gasteiger charge is -2.12. The fraction of sp³-hybridized carbons (Fsp3) is 0.286. The van der Waals surface area contributed by atoms with Gasteiger partial charge in [-0.2, -0.15) is 0 Å². The van der Waals surface area contributed by atoms with E-state index in [2.05, 4.69) is 0 Å². The highest BCUT2D eigenvalue weighted by atomic mass is 35.5. The second kappa shape index (κ2) is 6.72. The minimum atomic E-state index is 0.471. The van der Waals surface area contributed by atoms with Crippen molar-refractivity contribution in [2.75, 3.05) is 25.0 Å². The van der Waals surface area contributed by atoms with Crippen molar-refractivity contribution in [3.8, 4) is 11.5 Å². The average Bonchev–Trinajstić information content (AvgIpc) is 2.43. The van der Waals surface area contributed by atoms with E-state index >= 15 is 0 Å². The summed E-state index contributed by atoms with van der Waals surface area (Å²) >= 11 is 11.3. The molecule has 0 heterocycles. The maximum Gasteiger partial charge on any atom is 0.127 e. The summed E-state index contributed by atoms with van der Waals surface area (Å²) in [5, 5.41) is 2.05. The zero-order valence-corrected chi connectivity index (χ0v) is 11.4. The summed E-state index contributed by atoms with van der Waals surface area (Å²) in [5.41, 5.74) is 0. The van der Waals surface area contributed by atoms with Crippen LogP contribution in [0.25, 0.3) is 10.8 Å². The van der Waals surface area contributed by atoms with Crippen LogP contribution < -0.4 is 9.47 Å². The molecule has 0 amide bonds. The summed E-state index contributed by atoms with van der Waals surface area (Å²) in [6.07, 6.45) is 0. The van der Waals surface area contributed by atoms with Crippen LogP contribution in [-0.4, -0.2) is 25.0 Å². The summed E-state index contributed by atoms with van der Waals surface area (Å²) in [4.78, 5) is 0. The number of alkyl halides is 2. The predicted molar refractivity (Wildman–Crippen MR) is 76.4 cm³/mol. The van der Waals surface area contributed by atoms with Gasteiger partial charge < -0.3 is 9.47 Å². The number of fused-ring (bicyclic) bond motifs is 1. The monoisotopic (exact) mass is 284 g/mol. The normalized spacial score (nSPS) is 10.6. The maximum absolute atomic E-state index is 5.64. The third kappa shape index (κ3) is 3.01. The van der Waals surface area contributed by atoms with Crippen LogP contribution in [0, 0.1) is 0 Å². The van der Waals surface area contributed by atoms with Gasteiger partial charge in [0.25, 0.3) is 0 Å². The Bertz CT molecular complexity index is 468. The largest absolute Gasteiger partial charge is 0.492 e. The van der Waals surface area contributed by atoms with Crippen molar-refractivity contribution in [3.05, 3.63) is 36.4 Å². The van der Waals surface area contributed by atoms with Gasteiger partial charge in [0.15, 0.2) is 0 Å². The number of halogens is 2. The molecule has 4 heteroatoms. The lowest BCUT2D eigenvalue weighted by molar-refractivity contribution is 0.339. The molecule has 0 aromatic heterocycles. The minimum absolute atomic E-state index is 0.471. The summed E-state index contributed by atoms with van der Waals surface area (Å²) in [7, 11) is 0. The Morgan fingerprint density at radius 2 is 1.17 bits per heavy atom. The molecule has 0 atom stereocenters. The van der Waals surface area contributed by atoms with Gasteiger partial charge in [-0.15, -0.1) is 23.2 Å². The first-order chi connectivity index (χ1) is 8.86. The molecule has 2 aromatic rings. The van der Waals surface area contributed by atoms with E-state index in [4.69, 9.17) is 32.7 Å². The summed E-state index contributed by atoms with van der Waals surface area (Å²) in [6.45, 7) is 0.987. The van der Waals surface area contributed by atoms with Gasteiger partial charge in [0, 0.05) is 10.8 Å². The van der Waals surface area contributed by atoms with Crippen molar-refractivity contribution in [1.82, 2.24) is 0 Å². The van der Waals surface area contributed by atoms with Crippen molar-refractivity contribution in [2.45, 2.75) is 0 Å². The molecule has 0 aliphatic heterocycles. The van der Waals surface area contributed by atoms with Gasteiger partial charge in [-0.05, 0) is 12.1 Å². The highest BCUT2D eigenvalue weighted by Gasteiger charge is 2.07. The van der Waals surface area contributed by atoms with Crippen molar-refractivity contribution in [3.63, 3.8) is 0 Å². The molecule has 2 rings (SSSR count). The Hall–Kier alpha value is -1.12. The molecule has 0 aliphatic rings. The van der Waals surface area contributed by atoms with Gasteiger partial charge in [0.1, 0.15) is 24.7 Å². The molecule has 0 spiro atoms. The Kier molecular flexibility index (Phi) is 4.97. The maximum atomic E-state index is 5.64. The molecular weight excluding hydrogens is 271 g/mol. The minimum Gasteiger partial charge on any atom is -0.492 e. The zero-order chi connectivity index (χ0) is 12.8. The molecule has 18 heavy (non-hydrogen) atoms. The Balaban J connectivity index is 2.38. The van der Waals surface area contributed by atoms with Crippen LogP contribution in [0.3, 0.4) is 0 Å². The van der Waals surface area contributed by atoms with Crippen molar-refractivity contribution in [2.24, 2.45) is 0 Å². The summed E-state index contributed by atoms with van der Waals surface area (Å²) < 4.78 is 11.2. The molecule has 96 valence electrons. The standard InChI is InChI=1S/C14H14Cl2O2/c15-7-9-17-13-5-6-14(18-10-8-16)12-4-2-1-3-11(12)13/h1-6H,7-10H2. The first-order valence-electron chi connectivity index (χ1n) is 5.76. The van der Waals surface area contributed by atoms with E-state index in [0.29, 0.717) is 25.0 Å². The Morgan fingerprint density at radius 3 is 1.56 bits per heavy atom. The van der Waals surface area contributed by atoms with E-state index < -0.39 is 0 Å². The van der Waals surface area contributed by atoms with Crippen LogP contribution in [0.5, 0.6) is 11.5 Å². The van der Waals surface area contributed by atoms with E-state index in [1.54, 1.807) is 0 Å². The SMILES string of the molecule is ClCCOc1ccc(OCCCl)c2ccccc12. The predicted octanol–water partition coefficient (Wildman–Crippen LogP) is 4.08. The summed E-state index contributed by atoms with van der Waals surface area (Å²) in [5.74, 6) is 2.59. The molecule has 0 fully saturated rings. The van der Waals surface area contributed by atoms with E-state index in [-0.39, 0.29) is 0 Å². The topological polar surface area (TPSA) is 18.5 Å². The van der Waals surface area contributed by atoms with E-state index in [0.717, 1.165) is 22.3 Å². The lowest BCUT2D eigenvalue weighted by Crippen LogP contribution is -2.01. The number of rotatable bonds is 6. The highest BCUT2D eigenvalue weighted by molar-refractivity contribution is 6.18. The van der Waals surface area contributed by atoms with Crippen molar-refractivity contribution >= 4 is 34.0 Å². The lowest BCUT2D eigenvalue weighted by atomic mass is 10.1. The van der Waals surface area contributed by atoms with Gasteiger partial charge in [0.2, 0.25) is 0 Å². The van der Waals surface area contributed by atoms with Crippen LogP contribution in [0.2, 0.25) is 0 Å². The van der Waals surface area contributed by atoms with E-state index in [1.165, 1.54) is 0 Å². The molecule has 0 radical (unpaired) electrons. The number of hydrogen-bond donors (Lipinski definition) is 0. The molecule has 2 aromatic carbocycles. The van der Waals surface area contributed by atoms with Gasteiger partial charge in [-0.25, -0.2) is 0 Å². The molecule has 0 N–H and O–H groups in total. The first kappa shape index (κ1) is 13.3. The average molecular weight is 285 g/mol. The van der Waals surface area contributed by atoms with Gasteiger partial charge in [0.05, 0.1) is 11.8 Å². The third-order valence-corrected chi connectivity index (χ3v) is 2.82. The Morgan fingerprint density at radius 1 is 0.722 bits per heavy atom. The van der Waals surface area contributed by atoms with E-state index in [9.17, 15) is 0 Å². The number of hydrogen-bond acceptors (Lipinski definition) is 2. The van der Waals surface area contributed by atoms with Gasteiger partial charge in [-0.3, -0.25) is 0 Å². The van der Waals surface area contributed by atoms with Crippen molar-refractivity contribution < 1.29 is 9.47 Å². The molecule has 0 bridgehead atoms. The highest BCUT2D eigenvalue weighted by Crippen LogP contribution is 2.33. The smallest absolute Gasteiger partial charge is 0.127 e. The van der Waals surface area contributed by atoms with Crippen LogP contribution in [0.4, 0.5) is 0 Å². The van der Waals surface area contributed by atoms with Crippen LogP contribution in [-0.2, 0) is 0 Å². The fourth-order valence-corrected chi connectivity index (χ4v) is 1.95. The van der Waals surface area contributed by atoms with Gasteiger partial charge in [-0.1, -0.05) is 24.3 Å². The van der Waals surface area contributed by atoms with E-state index in [1.807, 2.05) is 36.4 Å². The van der Waals surface area contributed by atoms with Crippen LogP contribution in [0.1, 0.15) is 0 Å². The molecule has 0 unspecified atom stereocenters. The molecule has 0 saturated heterocycles. The van der Waals surface area contributed by atoms with Crippen LogP contribution >= 0.6 is 23.2 Å². The molecular formula is C14H14Cl2O2. The first-order valence-corrected chi connectivity index (χ1v) is 6.83. The number of ether oxygens (including phenoxy) is 2. The second-order valence-electron chi connectivity index (χ2n) is 3.68. The second-order valence-corrected chi connectivity index (χ2v) is 4.44. The molecule has 2 nitrogen and oxygen atoms in total. The quantitative estimate of drug-likeness (QED) is 0.745. The Labute approximate surface area is 116 Å². The number of benzene rings is 2. The van der Waals surface area contributed by atoms with Crippen LogP contribution in [0.15, 0.2) is 36.4 Å².